The van der Waals surface area contributed by atoms with E-state index in [-0.39, 0.29) is 0 Å². The van der Waals surface area contributed by atoms with Crippen molar-refractivity contribution in [3.05, 3.63) is 78.0 Å². The first-order valence-electron chi connectivity index (χ1n) is 12.3. The van der Waals surface area contributed by atoms with Crippen molar-refractivity contribution >= 4 is 39.0 Å². The number of nitrogens with one attached hydrogen (secondary N) is 2. The van der Waals surface area contributed by atoms with Crippen LogP contribution in [0.4, 0.5) is 15.9 Å². The van der Waals surface area contributed by atoms with Crippen LogP contribution in [0.15, 0.2) is 71.6 Å². The number of likely N-dealkylation sites (N-methyl/N-ethyl adjacent to an activating group) is 1. The summed E-state index contributed by atoms with van der Waals surface area (Å²) in [5, 5.41) is 9.22. The highest BCUT2D eigenvalue weighted by atomic mass is 19.1. The van der Waals surface area contributed by atoms with Crippen LogP contribution in [0.5, 0.6) is 5.75 Å². The molecular formula is C29H33FN6O. The van der Waals surface area contributed by atoms with Gasteiger partial charge in [0.25, 0.3) is 0 Å². The average Bonchev–Trinajstić information content (AvgIpc) is 2.90. The van der Waals surface area contributed by atoms with Gasteiger partial charge in [0, 0.05) is 60.0 Å². The van der Waals surface area contributed by atoms with Gasteiger partial charge in [-0.1, -0.05) is 24.6 Å². The van der Waals surface area contributed by atoms with Gasteiger partial charge in [-0.15, -0.1) is 0 Å². The number of benzene rings is 2. The number of halogens is 1. The molecule has 192 valence electrons. The third-order valence-corrected chi connectivity index (χ3v) is 6.12. The summed E-state index contributed by atoms with van der Waals surface area (Å²) in [6, 6.07) is 12.7. The van der Waals surface area contributed by atoms with E-state index < -0.39 is 5.82 Å². The van der Waals surface area contributed by atoms with Crippen LogP contribution in [0.3, 0.4) is 0 Å². The molecule has 0 spiro atoms. The average molecular weight is 501 g/mol. The number of fused-ring (bicyclic) bond motifs is 3. The van der Waals surface area contributed by atoms with Gasteiger partial charge in [0.05, 0.1) is 11.2 Å². The second-order valence-electron chi connectivity index (χ2n) is 9.06. The van der Waals surface area contributed by atoms with Crippen molar-refractivity contribution < 1.29 is 9.13 Å². The Morgan fingerprint density at radius 3 is 2.70 bits per heavy atom. The summed E-state index contributed by atoms with van der Waals surface area (Å²) < 4.78 is 20.8. The molecule has 0 unspecified atom stereocenters. The normalized spacial score (nSPS) is 12.4. The van der Waals surface area contributed by atoms with Gasteiger partial charge in [0.2, 0.25) is 0 Å². The molecule has 8 heteroatoms. The smallest absolute Gasteiger partial charge is 0.150 e. The maximum atomic E-state index is 15.1. The molecule has 0 amide bonds. The number of aromatic nitrogens is 2. The number of hydrogen-bond acceptors (Lipinski definition) is 6. The lowest BCUT2D eigenvalue weighted by molar-refractivity contribution is 0.260. The molecular weight excluding hydrogens is 467 g/mol. The molecule has 0 fully saturated rings. The number of rotatable bonds is 9. The molecule has 2 N–H and O–H groups in total. The number of anilines is 2. The highest BCUT2D eigenvalue weighted by Gasteiger charge is 2.15. The quantitative estimate of drug-likeness (QED) is 0.170. The van der Waals surface area contributed by atoms with Crippen LogP contribution in [-0.4, -0.2) is 55.0 Å². The minimum atomic E-state index is -0.419. The SMILES string of the molecule is CCC(C)=CNC(=NC)c1cccc2c1nc(Nc1ccc(OCCN(C)C)cc1F)c1ccncc12. The van der Waals surface area contributed by atoms with Crippen LogP contribution in [0.1, 0.15) is 25.8 Å². The highest BCUT2D eigenvalue weighted by Crippen LogP contribution is 2.33. The number of allylic oxidation sites excluding steroid dienone is 1. The fourth-order valence-electron chi connectivity index (χ4n) is 3.87. The van der Waals surface area contributed by atoms with Crippen molar-refractivity contribution in [1.82, 2.24) is 20.2 Å². The van der Waals surface area contributed by atoms with Gasteiger partial charge in [0.1, 0.15) is 29.8 Å². The Kier molecular flexibility index (Phi) is 8.30. The second-order valence-corrected chi connectivity index (χ2v) is 9.06. The molecule has 0 saturated heterocycles. The maximum absolute atomic E-state index is 15.1. The van der Waals surface area contributed by atoms with Gasteiger partial charge in [-0.05, 0) is 51.7 Å². The number of aliphatic imine (C=N–C) groups is 1. The van der Waals surface area contributed by atoms with Crippen LogP contribution in [-0.2, 0) is 0 Å². The lowest BCUT2D eigenvalue weighted by Crippen LogP contribution is -2.20. The van der Waals surface area contributed by atoms with Crippen molar-refractivity contribution in [2.75, 3.05) is 39.6 Å². The summed E-state index contributed by atoms with van der Waals surface area (Å²) in [6.45, 7) is 5.40. The molecule has 4 rings (SSSR count). The monoisotopic (exact) mass is 500 g/mol. The summed E-state index contributed by atoms with van der Waals surface area (Å²) in [6.07, 6.45) is 6.42. The molecule has 0 aliphatic rings. The van der Waals surface area contributed by atoms with Crippen LogP contribution >= 0.6 is 0 Å². The number of para-hydroxylation sites is 1. The third kappa shape index (κ3) is 6.03. The molecule has 2 heterocycles. The fraction of sp³-hybridized carbons (Fsp3) is 0.276. The van der Waals surface area contributed by atoms with Crippen LogP contribution in [0.2, 0.25) is 0 Å². The van der Waals surface area contributed by atoms with Gasteiger partial charge in [-0.25, -0.2) is 9.37 Å². The zero-order chi connectivity index (χ0) is 26.4. The van der Waals surface area contributed by atoms with E-state index in [0.717, 1.165) is 40.2 Å². The Balaban J connectivity index is 1.76. The van der Waals surface area contributed by atoms with Crippen LogP contribution in [0.25, 0.3) is 21.7 Å². The number of nitrogens with zero attached hydrogens (tertiary/aromatic N) is 4. The van der Waals surface area contributed by atoms with Crippen LogP contribution in [0, 0.1) is 5.82 Å². The molecule has 2 aromatic carbocycles. The van der Waals surface area contributed by atoms with Gasteiger partial charge in [-0.3, -0.25) is 9.98 Å². The zero-order valence-corrected chi connectivity index (χ0v) is 22.0. The molecule has 37 heavy (non-hydrogen) atoms. The van der Waals surface area contributed by atoms with Crippen molar-refractivity contribution in [3.63, 3.8) is 0 Å². The first-order chi connectivity index (χ1) is 17.9. The zero-order valence-electron chi connectivity index (χ0n) is 22.0. The Morgan fingerprint density at radius 1 is 1.14 bits per heavy atom. The number of ether oxygens (including phenoxy) is 1. The topological polar surface area (TPSA) is 74.7 Å². The summed E-state index contributed by atoms with van der Waals surface area (Å²) in [5.41, 5.74) is 3.10. The molecule has 0 aliphatic carbocycles. The molecule has 2 aromatic heterocycles. The highest BCUT2D eigenvalue weighted by molar-refractivity contribution is 6.17. The fourth-order valence-corrected chi connectivity index (χ4v) is 3.87. The minimum absolute atomic E-state index is 0.311. The van der Waals surface area contributed by atoms with E-state index in [1.807, 2.05) is 55.7 Å². The van der Waals surface area contributed by atoms with E-state index in [2.05, 4.69) is 34.5 Å². The Bertz CT molecular complexity index is 1460. The molecule has 0 aliphatic heterocycles. The largest absolute Gasteiger partial charge is 0.492 e. The van der Waals surface area contributed by atoms with Gasteiger partial charge in [0.15, 0.2) is 0 Å². The Hall–Kier alpha value is -4.04. The molecule has 7 nitrogen and oxygen atoms in total. The predicted molar refractivity (Wildman–Crippen MR) is 150 cm³/mol. The van der Waals surface area contributed by atoms with Crippen LogP contribution < -0.4 is 15.4 Å². The Morgan fingerprint density at radius 2 is 1.97 bits per heavy atom. The molecule has 4 aromatic rings. The van der Waals surface area contributed by atoms with Crippen molar-refractivity contribution in [1.29, 1.82) is 0 Å². The van der Waals surface area contributed by atoms with E-state index in [0.29, 0.717) is 29.7 Å². The first kappa shape index (κ1) is 26.0. The third-order valence-electron chi connectivity index (χ3n) is 6.12. The van der Waals surface area contributed by atoms with E-state index in [4.69, 9.17) is 9.72 Å². The first-order valence-corrected chi connectivity index (χ1v) is 12.3. The van der Waals surface area contributed by atoms with Gasteiger partial charge >= 0.3 is 0 Å². The summed E-state index contributed by atoms with van der Waals surface area (Å²) >= 11 is 0. The molecule has 0 bridgehead atoms. The minimum Gasteiger partial charge on any atom is -0.492 e. The summed E-state index contributed by atoms with van der Waals surface area (Å²) in [5.74, 6) is 1.30. The predicted octanol–water partition coefficient (Wildman–Crippen LogP) is 5.89. The van der Waals surface area contributed by atoms with Crippen molar-refractivity contribution in [2.45, 2.75) is 20.3 Å². The van der Waals surface area contributed by atoms with Gasteiger partial charge in [-0.2, -0.15) is 0 Å². The number of amidine groups is 1. The van der Waals surface area contributed by atoms with Crippen molar-refractivity contribution in [2.24, 2.45) is 4.99 Å². The number of hydrogen-bond donors (Lipinski definition) is 2. The van der Waals surface area contributed by atoms with E-state index in [1.54, 1.807) is 25.4 Å². The Labute approximate surface area is 217 Å². The number of pyridine rings is 2. The lowest BCUT2D eigenvalue weighted by Gasteiger charge is -2.16. The van der Waals surface area contributed by atoms with E-state index in [1.165, 1.54) is 11.6 Å². The molecule has 0 saturated carbocycles. The van der Waals surface area contributed by atoms with E-state index in [9.17, 15) is 0 Å². The van der Waals surface area contributed by atoms with Gasteiger partial charge < -0.3 is 20.3 Å². The second kappa shape index (κ2) is 11.8. The molecule has 0 radical (unpaired) electrons. The van der Waals surface area contributed by atoms with E-state index >= 15 is 4.39 Å². The summed E-state index contributed by atoms with van der Waals surface area (Å²) in [7, 11) is 5.68. The van der Waals surface area contributed by atoms with Crippen molar-refractivity contribution in [3.8, 4) is 5.75 Å². The maximum Gasteiger partial charge on any atom is 0.150 e. The summed E-state index contributed by atoms with van der Waals surface area (Å²) in [4.78, 5) is 15.8. The standard InChI is InChI=1S/C29H33FN6O/c1-6-19(2)17-33-28(31-3)23-9-7-8-21-24-18-32-13-12-22(24)29(35-27(21)23)34-26-11-10-20(16-25(26)30)37-15-14-36(4)5/h7-13,16-18H,6,14-15H2,1-5H3,(H,31,33)(H,34,35). The molecule has 0 atom stereocenters. The lowest BCUT2D eigenvalue weighted by atomic mass is 10.0.